The zero-order chi connectivity index (χ0) is 26.4. The Morgan fingerprint density at radius 3 is 2.32 bits per heavy atom. The number of methoxy groups -OCH3 is 1. The molecular formula is C29H29F3N2O3. The molecule has 0 aromatic heterocycles. The zero-order valence-electron chi connectivity index (χ0n) is 20.6. The maximum absolute atomic E-state index is 13.2. The molecular weight excluding hydrogens is 481 g/mol. The normalized spacial score (nSPS) is 16.1. The van der Waals surface area contributed by atoms with Crippen molar-refractivity contribution in [3.63, 3.8) is 0 Å². The lowest BCUT2D eigenvalue weighted by Crippen LogP contribution is -2.57. The van der Waals surface area contributed by atoms with Gasteiger partial charge in [-0.15, -0.1) is 0 Å². The Balaban J connectivity index is 1.51. The van der Waals surface area contributed by atoms with E-state index in [0.29, 0.717) is 30.7 Å². The molecule has 1 aliphatic rings. The third-order valence-corrected chi connectivity index (χ3v) is 6.60. The third-order valence-electron chi connectivity index (χ3n) is 6.60. The Kier molecular flexibility index (Phi) is 8.16. The lowest BCUT2D eigenvalue weighted by Gasteiger charge is -2.41. The summed E-state index contributed by atoms with van der Waals surface area (Å²) >= 11 is 0. The molecule has 0 spiro atoms. The first-order chi connectivity index (χ1) is 17.7. The number of hydrogen-bond acceptors (Lipinski definition) is 3. The molecule has 1 fully saturated rings. The van der Waals surface area contributed by atoms with E-state index < -0.39 is 11.7 Å². The van der Waals surface area contributed by atoms with Gasteiger partial charge in [0.25, 0.3) is 0 Å². The summed E-state index contributed by atoms with van der Waals surface area (Å²) in [5.41, 5.74) is 1.57. The minimum Gasteiger partial charge on any atom is -0.497 e. The van der Waals surface area contributed by atoms with Gasteiger partial charge in [-0.1, -0.05) is 54.6 Å². The van der Waals surface area contributed by atoms with Crippen molar-refractivity contribution in [2.75, 3.05) is 20.2 Å². The summed E-state index contributed by atoms with van der Waals surface area (Å²) in [6, 6.07) is 21.7. The monoisotopic (exact) mass is 510 g/mol. The van der Waals surface area contributed by atoms with E-state index in [1.165, 1.54) is 6.07 Å². The van der Waals surface area contributed by atoms with Crippen molar-refractivity contribution in [1.82, 2.24) is 9.80 Å². The molecule has 0 radical (unpaired) electrons. The molecule has 5 nitrogen and oxygen atoms in total. The van der Waals surface area contributed by atoms with Crippen LogP contribution in [0.3, 0.4) is 0 Å². The van der Waals surface area contributed by atoms with Gasteiger partial charge in [0.1, 0.15) is 5.75 Å². The second-order valence-electron chi connectivity index (χ2n) is 9.20. The number of amides is 2. The second kappa shape index (κ2) is 11.5. The van der Waals surface area contributed by atoms with Crippen LogP contribution in [0.5, 0.6) is 5.75 Å². The van der Waals surface area contributed by atoms with Gasteiger partial charge >= 0.3 is 6.18 Å². The molecule has 1 atom stereocenters. The van der Waals surface area contributed by atoms with E-state index in [1.54, 1.807) is 35.1 Å². The highest BCUT2D eigenvalue weighted by molar-refractivity contribution is 5.87. The molecule has 1 saturated heterocycles. The van der Waals surface area contributed by atoms with Crippen molar-refractivity contribution in [3.8, 4) is 5.75 Å². The summed E-state index contributed by atoms with van der Waals surface area (Å²) in [6.45, 7) is 0.283. The Labute approximate surface area is 214 Å². The van der Waals surface area contributed by atoms with Crippen molar-refractivity contribution in [1.29, 1.82) is 0 Å². The molecule has 1 heterocycles. The number of rotatable bonds is 8. The van der Waals surface area contributed by atoms with Crippen molar-refractivity contribution in [2.45, 2.75) is 38.0 Å². The summed E-state index contributed by atoms with van der Waals surface area (Å²) in [5.74, 6) is 0.252. The fraction of sp³-hybridized carbons (Fsp3) is 0.310. The van der Waals surface area contributed by atoms with Crippen LogP contribution in [0, 0.1) is 0 Å². The van der Waals surface area contributed by atoms with Crippen LogP contribution in [0.15, 0.2) is 78.9 Å². The SMILES string of the molecule is COc1ccc(CC(=O)N2CC(=O)N(Cc3cccc(C(F)(F)F)c3)[C@@H](CCc3ccccc3)C2)cc1. The molecule has 2 amide bonds. The molecule has 0 bridgehead atoms. The number of halogens is 3. The lowest BCUT2D eigenvalue weighted by atomic mass is 9.99. The Bertz CT molecular complexity index is 1210. The highest BCUT2D eigenvalue weighted by Gasteiger charge is 2.35. The predicted octanol–water partition coefficient (Wildman–Crippen LogP) is 5.13. The predicted molar refractivity (Wildman–Crippen MR) is 134 cm³/mol. The molecule has 0 aliphatic carbocycles. The topological polar surface area (TPSA) is 49.9 Å². The van der Waals surface area contributed by atoms with Gasteiger partial charge in [-0.3, -0.25) is 9.59 Å². The number of alkyl halides is 3. The minimum absolute atomic E-state index is 0.0583. The Morgan fingerprint density at radius 2 is 1.65 bits per heavy atom. The van der Waals surface area contributed by atoms with Crippen LogP contribution in [0.25, 0.3) is 0 Å². The van der Waals surface area contributed by atoms with Crippen LogP contribution < -0.4 is 4.74 Å². The molecule has 0 saturated carbocycles. The molecule has 0 unspecified atom stereocenters. The van der Waals surface area contributed by atoms with Crippen molar-refractivity contribution in [2.24, 2.45) is 0 Å². The number of carbonyl (C=O) groups excluding carboxylic acids is 2. The number of aryl methyl sites for hydroxylation is 1. The van der Waals surface area contributed by atoms with E-state index in [0.717, 1.165) is 23.3 Å². The minimum atomic E-state index is -4.46. The summed E-state index contributed by atoms with van der Waals surface area (Å²) in [4.78, 5) is 29.5. The summed E-state index contributed by atoms with van der Waals surface area (Å²) in [5, 5.41) is 0. The largest absolute Gasteiger partial charge is 0.497 e. The standard InChI is InChI=1S/C29H29F3N2O3/c1-37-26-14-11-22(12-15-26)17-27(35)33-19-25(13-10-21-6-3-2-4-7-21)34(28(36)20-33)18-23-8-5-9-24(16-23)29(30,31)32/h2-9,11-12,14-16,25H,10,13,17-20H2,1H3/t25-/m0/s1. The highest BCUT2D eigenvalue weighted by Crippen LogP contribution is 2.30. The van der Waals surface area contributed by atoms with E-state index in [9.17, 15) is 22.8 Å². The van der Waals surface area contributed by atoms with Crippen LogP contribution in [-0.2, 0) is 35.2 Å². The van der Waals surface area contributed by atoms with E-state index in [4.69, 9.17) is 4.74 Å². The van der Waals surface area contributed by atoms with Crippen LogP contribution in [0.4, 0.5) is 13.2 Å². The van der Waals surface area contributed by atoms with Crippen LogP contribution in [-0.4, -0.2) is 47.9 Å². The molecule has 0 N–H and O–H groups in total. The molecule has 3 aromatic rings. The summed E-state index contributed by atoms with van der Waals surface area (Å²) < 4.78 is 44.9. The van der Waals surface area contributed by atoms with E-state index in [2.05, 4.69) is 0 Å². The molecule has 3 aromatic carbocycles. The van der Waals surface area contributed by atoms with Gasteiger partial charge in [0.05, 0.1) is 31.7 Å². The van der Waals surface area contributed by atoms with Crippen LogP contribution in [0.2, 0.25) is 0 Å². The molecule has 1 aliphatic heterocycles. The highest BCUT2D eigenvalue weighted by atomic mass is 19.4. The van der Waals surface area contributed by atoms with E-state index in [1.807, 2.05) is 42.5 Å². The number of nitrogens with zero attached hydrogens (tertiary/aromatic N) is 2. The van der Waals surface area contributed by atoms with E-state index >= 15 is 0 Å². The second-order valence-corrected chi connectivity index (χ2v) is 9.20. The number of piperazine rings is 1. The smallest absolute Gasteiger partial charge is 0.416 e. The summed E-state index contributed by atoms with van der Waals surface area (Å²) in [7, 11) is 1.57. The van der Waals surface area contributed by atoms with Crippen molar-refractivity contribution < 1.29 is 27.5 Å². The Morgan fingerprint density at radius 1 is 0.946 bits per heavy atom. The van der Waals surface area contributed by atoms with Gasteiger partial charge in [0, 0.05) is 13.1 Å². The fourth-order valence-corrected chi connectivity index (χ4v) is 4.58. The first-order valence-corrected chi connectivity index (χ1v) is 12.1. The number of hydrogen-bond donors (Lipinski definition) is 0. The Hall–Kier alpha value is -3.81. The first-order valence-electron chi connectivity index (χ1n) is 12.1. The molecule has 37 heavy (non-hydrogen) atoms. The van der Waals surface area contributed by atoms with Gasteiger partial charge in [-0.05, 0) is 53.8 Å². The fourth-order valence-electron chi connectivity index (χ4n) is 4.58. The molecule has 4 rings (SSSR count). The van der Waals surface area contributed by atoms with Crippen molar-refractivity contribution in [3.05, 3.63) is 101 Å². The first kappa shape index (κ1) is 26.3. The zero-order valence-corrected chi connectivity index (χ0v) is 20.6. The number of carbonyl (C=O) groups is 2. The molecule has 8 heteroatoms. The number of ether oxygens (including phenoxy) is 1. The van der Waals surface area contributed by atoms with Gasteiger partial charge in [0.15, 0.2) is 0 Å². The summed E-state index contributed by atoms with van der Waals surface area (Å²) in [6.07, 6.45) is -3.05. The average Bonchev–Trinajstić information content (AvgIpc) is 2.89. The average molecular weight is 511 g/mol. The van der Waals surface area contributed by atoms with Gasteiger partial charge in [0.2, 0.25) is 11.8 Å². The molecule has 194 valence electrons. The van der Waals surface area contributed by atoms with Crippen molar-refractivity contribution >= 4 is 11.8 Å². The quantitative estimate of drug-likeness (QED) is 0.422. The lowest BCUT2D eigenvalue weighted by molar-refractivity contribution is -0.149. The van der Waals surface area contributed by atoms with Crippen LogP contribution in [0.1, 0.15) is 28.7 Å². The van der Waals surface area contributed by atoms with Gasteiger partial charge in [-0.25, -0.2) is 0 Å². The van der Waals surface area contributed by atoms with E-state index in [-0.39, 0.29) is 37.4 Å². The maximum atomic E-state index is 13.2. The van der Waals surface area contributed by atoms with Crippen LogP contribution >= 0.6 is 0 Å². The van der Waals surface area contributed by atoms with Gasteiger partial charge < -0.3 is 14.5 Å². The third kappa shape index (κ3) is 6.90. The van der Waals surface area contributed by atoms with Gasteiger partial charge in [-0.2, -0.15) is 13.2 Å². The maximum Gasteiger partial charge on any atom is 0.416 e. The number of benzene rings is 3.